The van der Waals surface area contributed by atoms with Gasteiger partial charge in [0.25, 0.3) is 0 Å². The predicted molar refractivity (Wildman–Crippen MR) is 122 cm³/mol. The van der Waals surface area contributed by atoms with Gasteiger partial charge in [-0.1, -0.05) is 12.1 Å². The normalized spacial score (nSPS) is 11.4. The third-order valence-electron chi connectivity index (χ3n) is 4.34. The SMILES string of the molecule is CCOC(=O)NC(N)=Nc1ccc(-c2cccnc2)cc1-c1cc(CN(C)C)ccn1. The van der Waals surface area contributed by atoms with Gasteiger partial charge < -0.3 is 15.4 Å². The summed E-state index contributed by atoms with van der Waals surface area (Å²) in [6.45, 7) is 2.74. The molecule has 1 aromatic carbocycles. The number of nitrogens with zero attached hydrogens (tertiary/aromatic N) is 4. The van der Waals surface area contributed by atoms with Crippen molar-refractivity contribution in [2.75, 3.05) is 20.7 Å². The molecule has 2 heterocycles. The summed E-state index contributed by atoms with van der Waals surface area (Å²) < 4.78 is 4.86. The van der Waals surface area contributed by atoms with Crippen LogP contribution in [0, 0.1) is 0 Å². The second-order valence-electron chi connectivity index (χ2n) is 7.10. The molecule has 0 radical (unpaired) electrons. The topological polar surface area (TPSA) is 106 Å². The van der Waals surface area contributed by atoms with Gasteiger partial charge in [-0.2, -0.15) is 0 Å². The molecule has 0 saturated carbocycles. The van der Waals surface area contributed by atoms with Crippen molar-refractivity contribution in [1.82, 2.24) is 20.2 Å². The molecule has 0 aliphatic carbocycles. The first-order chi connectivity index (χ1) is 15.0. The van der Waals surface area contributed by atoms with Gasteiger partial charge in [0.2, 0.25) is 5.96 Å². The standard InChI is InChI=1S/C23H26N6O2/c1-4-31-23(30)28-22(24)27-20-8-7-17(18-6-5-10-25-14-18)13-19(20)21-12-16(9-11-26-21)15-29(2)3/h5-14H,4,15H2,1-3H3,(H3,24,27,28,30). The highest BCUT2D eigenvalue weighted by Gasteiger charge is 2.12. The van der Waals surface area contributed by atoms with Crippen LogP contribution in [-0.4, -0.2) is 47.6 Å². The van der Waals surface area contributed by atoms with Crippen molar-refractivity contribution in [2.45, 2.75) is 13.5 Å². The Labute approximate surface area is 181 Å². The fraction of sp³-hybridized carbons (Fsp3) is 0.217. The van der Waals surface area contributed by atoms with Crippen molar-refractivity contribution in [3.05, 3.63) is 66.6 Å². The average molecular weight is 419 g/mol. The van der Waals surface area contributed by atoms with Crippen molar-refractivity contribution in [1.29, 1.82) is 0 Å². The third-order valence-corrected chi connectivity index (χ3v) is 4.34. The fourth-order valence-electron chi connectivity index (χ4n) is 3.07. The number of hydrogen-bond acceptors (Lipinski definition) is 6. The van der Waals surface area contributed by atoms with Crippen molar-refractivity contribution < 1.29 is 9.53 Å². The Balaban J connectivity index is 2.06. The van der Waals surface area contributed by atoms with Gasteiger partial charge in [0.15, 0.2) is 0 Å². The fourth-order valence-corrected chi connectivity index (χ4v) is 3.07. The van der Waals surface area contributed by atoms with Gasteiger partial charge in [-0.15, -0.1) is 0 Å². The number of hydrogen-bond donors (Lipinski definition) is 2. The lowest BCUT2D eigenvalue weighted by Gasteiger charge is -2.13. The number of rotatable bonds is 6. The molecule has 0 fully saturated rings. The van der Waals surface area contributed by atoms with E-state index in [0.717, 1.165) is 34.5 Å². The first kappa shape index (κ1) is 21.9. The van der Waals surface area contributed by atoms with E-state index in [-0.39, 0.29) is 12.6 Å². The zero-order valence-electron chi connectivity index (χ0n) is 17.9. The highest BCUT2D eigenvalue weighted by Crippen LogP contribution is 2.34. The van der Waals surface area contributed by atoms with Crippen LogP contribution in [0.25, 0.3) is 22.4 Å². The number of carbonyl (C=O) groups is 1. The highest BCUT2D eigenvalue weighted by atomic mass is 16.5. The zero-order chi connectivity index (χ0) is 22.2. The second kappa shape index (κ2) is 10.3. The molecule has 3 N–H and O–H groups in total. The Kier molecular flexibility index (Phi) is 7.29. The molecule has 0 spiro atoms. The highest BCUT2D eigenvalue weighted by molar-refractivity contribution is 5.95. The van der Waals surface area contributed by atoms with Gasteiger partial charge in [0, 0.05) is 36.3 Å². The maximum atomic E-state index is 11.7. The Morgan fingerprint density at radius 2 is 2.00 bits per heavy atom. The summed E-state index contributed by atoms with van der Waals surface area (Å²) >= 11 is 0. The molecule has 0 bridgehead atoms. The van der Waals surface area contributed by atoms with E-state index < -0.39 is 6.09 Å². The lowest BCUT2D eigenvalue weighted by atomic mass is 10.00. The van der Waals surface area contributed by atoms with Gasteiger partial charge in [-0.25, -0.2) is 9.79 Å². The largest absolute Gasteiger partial charge is 0.450 e. The smallest absolute Gasteiger partial charge is 0.413 e. The number of amides is 1. The molecule has 0 unspecified atom stereocenters. The second-order valence-corrected chi connectivity index (χ2v) is 7.10. The number of benzene rings is 1. The number of pyridine rings is 2. The Morgan fingerprint density at radius 3 is 2.71 bits per heavy atom. The third kappa shape index (κ3) is 6.10. The summed E-state index contributed by atoms with van der Waals surface area (Å²) in [5.74, 6) is -0.0572. The molecule has 160 valence electrons. The van der Waals surface area contributed by atoms with E-state index in [4.69, 9.17) is 10.5 Å². The number of ether oxygens (including phenoxy) is 1. The quantitative estimate of drug-likeness (QED) is 0.468. The van der Waals surface area contributed by atoms with E-state index in [9.17, 15) is 4.79 Å². The molecule has 8 heteroatoms. The summed E-state index contributed by atoms with van der Waals surface area (Å²) in [5.41, 5.74) is 11.1. The van der Waals surface area contributed by atoms with Crippen LogP contribution in [0.4, 0.5) is 10.5 Å². The van der Waals surface area contributed by atoms with Gasteiger partial charge >= 0.3 is 6.09 Å². The summed E-state index contributed by atoms with van der Waals surface area (Å²) in [4.78, 5) is 26.9. The van der Waals surface area contributed by atoms with Crippen LogP contribution in [0.1, 0.15) is 12.5 Å². The molecule has 0 aliphatic rings. The van der Waals surface area contributed by atoms with Crippen LogP contribution >= 0.6 is 0 Å². The number of nitrogens with two attached hydrogens (primary N) is 1. The van der Waals surface area contributed by atoms with E-state index in [0.29, 0.717) is 5.69 Å². The van der Waals surface area contributed by atoms with Crippen LogP contribution in [-0.2, 0) is 11.3 Å². The van der Waals surface area contributed by atoms with E-state index >= 15 is 0 Å². The van der Waals surface area contributed by atoms with Gasteiger partial charge in [0.05, 0.1) is 18.0 Å². The van der Waals surface area contributed by atoms with Gasteiger partial charge in [-0.05, 0) is 62.5 Å². The average Bonchev–Trinajstić information content (AvgIpc) is 2.74. The van der Waals surface area contributed by atoms with Gasteiger partial charge in [0.1, 0.15) is 0 Å². The maximum Gasteiger partial charge on any atom is 0.413 e. The summed E-state index contributed by atoms with van der Waals surface area (Å²) in [6.07, 6.45) is 4.66. The Morgan fingerprint density at radius 1 is 1.16 bits per heavy atom. The molecular weight excluding hydrogens is 392 g/mol. The minimum Gasteiger partial charge on any atom is -0.450 e. The number of aliphatic imine (C=N–C) groups is 1. The minimum absolute atomic E-state index is 0.0572. The number of aromatic nitrogens is 2. The Hall–Kier alpha value is -3.78. The molecule has 3 rings (SSSR count). The van der Waals surface area contributed by atoms with Crippen LogP contribution < -0.4 is 11.1 Å². The van der Waals surface area contributed by atoms with Crippen LogP contribution in [0.5, 0.6) is 0 Å². The Bertz CT molecular complexity index is 1070. The number of guanidine groups is 1. The van der Waals surface area contributed by atoms with Crippen LogP contribution in [0.15, 0.2) is 66.0 Å². The van der Waals surface area contributed by atoms with Crippen molar-refractivity contribution in [2.24, 2.45) is 10.7 Å². The molecule has 0 atom stereocenters. The number of alkyl carbamates (subject to hydrolysis) is 1. The van der Waals surface area contributed by atoms with Crippen molar-refractivity contribution >= 4 is 17.7 Å². The summed E-state index contributed by atoms with van der Waals surface area (Å²) in [6, 6.07) is 13.7. The van der Waals surface area contributed by atoms with Crippen molar-refractivity contribution in [3.8, 4) is 22.4 Å². The molecule has 3 aromatic rings. The van der Waals surface area contributed by atoms with Crippen LogP contribution in [0.2, 0.25) is 0 Å². The summed E-state index contributed by atoms with van der Waals surface area (Å²) in [5, 5.41) is 2.42. The molecule has 0 aliphatic heterocycles. The number of carbonyl (C=O) groups excluding carboxylic acids is 1. The monoisotopic (exact) mass is 418 g/mol. The lowest BCUT2D eigenvalue weighted by Crippen LogP contribution is -2.36. The number of nitrogens with one attached hydrogen (secondary N) is 1. The van der Waals surface area contributed by atoms with E-state index in [1.165, 1.54) is 0 Å². The minimum atomic E-state index is -0.650. The maximum absolute atomic E-state index is 11.7. The van der Waals surface area contributed by atoms with Gasteiger partial charge in [-0.3, -0.25) is 15.3 Å². The summed E-state index contributed by atoms with van der Waals surface area (Å²) in [7, 11) is 4.03. The first-order valence-electron chi connectivity index (χ1n) is 9.88. The first-order valence-corrected chi connectivity index (χ1v) is 9.88. The van der Waals surface area contributed by atoms with Crippen LogP contribution in [0.3, 0.4) is 0 Å². The molecule has 2 aromatic heterocycles. The van der Waals surface area contributed by atoms with E-state index in [2.05, 4.69) is 25.2 Å². The molecule has 8 nitrogen and oxygen atoms in total. The van der Waals surface area contributed by atoms with E-state index in [1.54, 1.807) is 25.5 Å². The van der Waals surface area contributed by atoms with Crippen molar-refractivity contribution in [3.63, 3.8) is 0 Å². The lowest BCUT2D eigenvalue weighted by molar-refractivity contribution is 0.157. The van der Waals surface area contributed by atoms with E-state index in [1.807, 2.05) is 56.6 Å². The molecule has 31 heavy (non-hydrogen) atoms. The predicted octanol–water partition coefficient (Wildman–Crippen LogP) is 3.56. The molecule has 0 saturated heterocycles. The molecule has 1 amide bonds. The zero-order valence-corrected chi connectivity index (χ0v) is 17.9. The molecular formula is C23H26N6O2.